The van der Waals surface area contributed by atoms with Gasteiger partial charge >= 0.3 is 0 Å². The number of furan rings is 1. The van der Waals surface area contributed by atoms with Gasteiger partial charge in [0.15, 0.2) is 4.67 Å². The molecule has 80 valence electrons. The molecule has 0 aliphatic heterocycles. The van der Waals surface area contributed by atoms with E-state index >= 15 is 0 Å². The second-order valence-electron chi connectivity index (χ2n) is 2.78. The van der Waals surface area contributed by atoms with Crippen LogP contribution in [0.5, 0.6) is 0 Å². The summed E-state index contributed by atoms with van der Waals surface area (Å²) in [5.74, 6) is 0. The smallest absolute Gasteiger partial charge is 0.173 e. The molecule has 0 saturated carbocycles. The lowest BCUT2D eigenvalue weighted by molar-refractivity contribution is 0.537. The van der Waals surface area contributed by atoms with E-state index in [1.807, 2.05) is 12.1 Å². The van der Waals surface area contributed by atoms with Gasteiger partial charge in [0.2, 0.25) is 0 Å². The predicted octanol–water partition coefficient (Wildman–Crippen LogP) is 5.85. The summed E-state index contributed by atoms with van der Waals surface area (Å²) in [6, 6.07) is 3.76. The highest BCUT2D eigenvalue weighted by atomic mass is 79.9. The van der Waals surface area contributed by atoms with Gasteiger partial charge < -0.3 is 4.42 Å². The summed E-state index contributed by atoms with van der Waals surface area (Å²) in [5, 5.41) is -0.244. The molecule has 1 nitrogen and oxygen atoms in total. The Balaban J connectivity index is 2.36. The Labute approximate surface area is 118 Å². The van der Waals surface area contributed by atoms with Crippen LogP contribution in [0.4, 0.5) is 0 Å². The van der Waals surface area contributed by atoms with E-state index in [9.17, 15) is 0 Å². The normalized spacial score (nSPS) is 13.1. The van der Waals surface area contributed by atoms with Gasteiger partial charge in [-0.15, -0.1) is 22.9 Å². The van der Waals surface area contributed by atoms with E-state index in [1.165, 1.54) is 11.3 Å². The van der Waals surface area contributed by atoms with Crippen molar-refractivity contribution in [1.82, 2.24) is 0 Å². The van der Waals surface area contributed by atoms with E-state index in [-0.39, 0.29) is 5.38 Å². The van der Waals surface area contributed by atoms with E-state index in [0.717, 1.165) is 14.9 Å². The van der Waals surface area contributed by atoms with Gasteiger partial charge in [0.1, 0.15) is 4.34 Å². The van der Waals surface area contributed by atoms with Crippen LogP contribution in [-0.4, -0.2) is 0 Å². The second-order valence-corrected chi connectivity index (χ2v) is 6.48. The van der Waals surface area contributed by atoms with Crippen LogP contribution in [0.2, 0.25) is 4.34 Å². The van der Waals surface area contributed by atoms with Crippen molar-refractivity contribution in [3.63, 3.8) is 0 Å². The molecule has 0 aliphatic rings. The Bertz CT molecular complexity index is 461. The molecular weight excluding hydrogens is 387 g/mol. The number of rotatable bonds is 2. The number of hydrogen-bond acceptors (Lipinski definition) is 2. The lowest BCUT2D eigenvalue weighted by Gasteiger charge is -2.03. The fourth-order valence-electron chi connectivity index (χ4n) is 1.13. The van der Waals surface area contributed by atoms with E-state index in [4.69, 9.17) is 27.6 Å². The molecule has 1 unspecified atom stereocenters. The van der Waals surface area contributed by atoms with Crippen molar-refractivity contribution < 1.29 is 4.42 Å². The average molecular weight is 391 g/mol. The first-order chi connectivity index (χ1) is 7.09. The summed E-state index contributed by atoms with van der Waals surface area (Å²) in [5.41, 5.74) is 0.905. The molecule has 2 rings (SSSR count). The third kappa shape index (κ3) is 2.44. The highest BCUT2D eigenvalue weighted by molar-refractivity contribution is 9.10. The van der Waals surface area contributed by atoms with Crippen LogP contribution >= 0.6 is 66.4 Å². The quantitative estimate of drug-likeness (QED) is 0.586. The average Bonchev–Trinajstić information content (AvgIpc) is 2.74. The van der Waals surface area contributed by atoms with Crippen molar-refractivity contribution in [2.75, 3.05) is 0 Å². The van der Waals surface area contributed by atoms with Crippen molar-refractivity contribution in [3.05, 3.63) is 42.3 Å². The van der Waals surface area contributed by atoms with Crippen molar-refractivity contribution in [3.8, 4) is 0 Å². The standard InChI is InChI=1S/C9H4Br2Cl2OS/c10-5-3-6(15-9(5)13)7(12)4-1-2-14-8(4)11/h1-3,7H. The zero-order chi connectivity index (χ0) is 11.0. The first kappa shape index (κ1) is 12.0. The zero-order valence-electron chi connectivity index (χ0n) is 7.14. The number of hydrogen-bond donors (Lipinski definition) is 0. The maximum atomic E-state index is 6.30. The molecule has 0 saturated heterocycles. The molecule has 0 fully saturated rings. The molecule has 0 aliphatic carbocycles. The molecule has 15 heavy (non-hydrogen) atoms. The SMILES string of the molecule is Clc1sc(C(Cl)c2ccoc2Br)cc1Br. The van der Waals surface area contributed by atoms with E-state index in [0.29, 0.717) is 9.01 Å². The molecule has 0 spiro atoms. The lowest BCUT2D eigenvalue weighted by atomic mass is 10.2. The highest BCUT2D eigenvalue weighted by Gasteiger charge is 2.19. The Morgan fingerprint density at radius 2 is 2.13 bits per heavy atom. The number of halogens is 4. The fraction of sp³-hybridized carbons (Fsp3) is 0.111. The summed E-state index contributed by atoms with van der Waals surface area (Å²) in [6.07, 6.45) is 1.60. The summed E-state index contributed by atoms with van der Waals surface area (Å²) in [6.45, 7) is 0. The van der Waals surface area contributed by atoms with Crippen LogP contribution in [0.3, 0.4) is 0 Å². The molecule has 0 bridgehead atoms. The molecule has 6 heteroatoms. The highest BCUT2D eigenvalue weighted by Crippen LogP contribution is 2.42. The van der Waals surface area contributed by atoms with Crippen molar-refractivity contribution >= 4 is 66.4 Å². The van der Waals surface area contributed by atoms with Crippen molar-refractivity contribution in [2.45, 2.75) is 5.38 Å². The summed E-state index contributed by atoms with van der Waals surface area (Å²) < 4.78 is 7.37. The largest absolute Gasteiger partial charge is 0.457 e. The Morgan fingerprint density at radius 1 is 1.40 bits per heavy atom. The monoisotopic (exact) mass is 388 g/mol. The van der Waals surface area contributed by atoms with Crippen LogP contribution in [-0.2, 0) is 0 Å². The molecule has 0 amide bonds. The van der Waals surface area contributed by atoms with Crippen LogP contribution in [0.25, 0.3) is 0 Å². The molecule has 1 atom stereocenters. The second kappa shape index (κ2) is 4.80. The molecule has 2 heterocycles. The number of alkyl halides is 1. The lowest BCUT2D eigenvalue weighted by Crippen LogP contribution is -1.87. The zero-order valence-corrected chi connectivity index (χ0v) is 12.6. The first-order valence-corrected chi connectivity index (χ1v) is 7.13. The predicted molar refractivity (Wildman–Crippen MR) is 71.1 cm³/mol. The van der Waals surface area contributed by atoms with E-state index in [2.05, 4.69) is 31.9 Å². The van der Waals surface area contributed by atoms with Crippen LogP contribution in [0.1, 0.15) is 15.8 Å². The van der Waals surface area contributed by atoms with Gasteiger partial charge in [0, 0.05) is 14.9 Å². The molecule has 0 radical (unpaired) electrons. The minimum atomic E-state index is -0.244. The van der Waals surface area contributed by atoms with Crippen LogP contribution in [0, 0.1) is 0 Å². The van der Waals surface area contributed by atoms with Crippen molar-refractivity contribution in [1.29, 1.82) is 0 Å². The third-order valence-corrected chi connectivity index (χ3v) is 5.62. The van der Waals surface area contributed by atoms with Crippen LogP contribution < -0.4 is 0 Å². The molecule has 0 aromatic carbocycles. The topological polar surface area (TPSA) is 13.1 Å². The molecule has 0 N–H and O–H groups in total. The van der Waals surface area contributed by atoms with E-state index < -0.39 is 0 Å². The number of thiophene rings is 1. The molecule has 2 aromatic heterocycles. The molecular formula is C9H4Br2Cl2OS. The van der Waals surface area contributed by atoms with Crippen molar-refractivity contribution in [2.24, 2.45) is 0 Å². The van der Waals surface area contributed by atoms with Gasteiger partial charge in [0.25, 0.3) is 0 Å². The van der Waals surface area contributed by atoms with E-state index in [1.54, 1.807) is 6.26 Å². The summed E-state index contributed by atoms with van der Waals surface area (Å²) >= 11 is 20.4. The summed E-state index contributed by atoms with van der Waals surface area (Å²) in [4.78, 5) is 0.982. The minimum Gasteiger partial charge on any atom is -0.457 e. The van der Waals surface area contributed by atoms with Gasteiger partial charge in [0.05, 0.1) is 11.6 Å². The minimum absolute atomic E-state index is 0.244. The first-order valence-electron chi connectivity index (χ1n) is 3.91. The fourth-order valence-corrected chi connectivity index (χ4v) is 3.83. The Hall–Kier alpha value is 0.520. The maximum absolute atomic E-state index is 6.30. The summed E-state index contributed by atoms with van der Waals surface area (Å²) in [7, 11) is 0. The third-order valence-electron chi connectivity index (χ3n) is 1.83. The van der Waals surface area contributed by atoms with Crippen LogP contribution in [0.15, 0.2) is 32.0 Å². The van der Waals surface area contributed by atoms with Gasteiger partial charge in [-0.2, -0.15) is 0 Å². The Morgan fingerprint density at radius 3 is 2.60 bits per heavy atom. The maximum Gasteiger partial charge on any atom is 0.173 e. The molecule has 2 aromatic rings. The van der Waals surface area contributed by atoms with Gasteiger partial charge in [-0.25, -0.2) is 0 Å². The van der Waals surface area contributed by atoms with Gasteiger partial charge in [-0.1, -0.05) is 11.6 Å². The van der Waals surface area contributed by atoms with Gasteiger partial charge in [-0.05, 0) is 44.0 Å². The Kier molecular flexibility index (Phi) is 3.83. The van der Waals surface area contributed by atoms with Gasteiger partial charge in [-0.3, -0.25) is 0 Å².